The first-order valence-electron chi connectivity index (χ1n) is 6.11. The lowest BCUT2D eigenvalue weighted by Gasteiger charge is -2.22. The summed E-state index contributed by atoms with van der Waals surface area (Å²) in [5.74, 6) is 0.679. The second-order valence-electron chi connectivity index (χ2n) is 4.41. The number of benzene rings is 1. The first-order valence-corrected chi connectivity index (χ1v) is 6.11. The predicted octanol–water partition coefficient (Wildman–Crippen LogP) is 2.74. The van der Waals surface area contributed by atoms with Crippen molar-refractivity contribution >= 4 is 0 Å². The van der Waals surface area contributed by atoms with Gasteiger partial charge >= 0.3 is 0 Å². The highest BCUT2D eigenvalue weighted by atomic mass is 16.5. The molecule has 2 rings (SSSR count). The molecule has 0 fully saturated rings. The van der Waals surface area contributed by atoms with Crippen molar-refractivity contribution in [3.05, 3.63) is 29.3 Å². The third kappa shape index (κ3) is 2.59. The summed E-state index contributed by atoms with van der Waals surface area (Å²) in [4.78, 5) is 0. The minimum atomic E-state index is -0.409. The van der Waals surface area contributed by atoms with Gasteiger partial charge in [0.2, 0.25) is 0 Å². The van der Waals surface area contributed by atoms with Crippen molar-refractivity contribution < 1.29 is 9.84 Å². The number of ether oxygens (including phenoxy) is 1. The van der Waals surface area contributed by atoms with Crippen molar-refractivity contribution in [2.24, 2.45) is 0 Å². The van der Waals surface area contributed by atoms with E-state index in [1.807, 2.05) is 25.1 Å². The van der Waals surface area contributed by atoms with E-state index in [1.54, 1.807) is 0 Å². The van der Waals surface area contributed by atoms with Crippen LogP contribution in [0.5, 0.6) is 5.75 Å². The van der Waals surface area contributed by atoms with Gasteiger partial charge in [0.1, 0.15) is 11.8 Å². The molecule has 1 aromatic rings. The van der Waals surface area contributed by atoms with Crippen LogP contribution in [0.25, 0.3) is 0 Å². The summed E-state index contributed by atoms with van der Waals surface area (Å²) in [5.41, 5.74) is 2.16. The van der Waals surface area contributed by atoms with Crippen LogP contribution < -0.4 is 4.74 Å². The Bertz CT molecular complexity index is 436. The topological polar surface area (TPSA) is 53.2 Å². The number of rotatable bonds is 3. The second kappa shape index (κ2) is 5.20. The van der Waals surface area contributed by atoms with Gasteiger partial charge in [-0.05, 0) is 48.9 Å². The summed E-state index contributed by atoms with van der Waals surface area (Å²) in [6.07, 6.45) is 2.73. The van der Waals surface area contributed by atoms with Crippen LogP contribution in [-0.4, -0.2) is 11.2 Å². The lowest BCUT2D eigenvalue weighted by molar-refractivity contribution is 0.155. The Morgan fingerprint density at radius 1 is 1.59 bits per heavy atom. The average Bonchev–Trinajstić information content (AvgIpc) is 2.37. The summed E-state index contributed by atoms with van der Waals surface area (Å²) in [7, 11) is 0. The van der Waals surface area contributed by atoms with E-state index in [0.29, 0.717) is 12.2 Å². The maximum absolute atomic E-state index is 9.91. The van der Waals surface area contributed by atoms with Crippen LogP contribution in [0.4, 0.5) is 0 Å². The van der Waals surface area contributed by atoms with Gasteiger partial charge in [-0.2, -0.15) is 5.26 Å². The van der Waals surface area contributed by atoms with Gasteiger partial charge < -0.3 is 9.84 Å². The van der Waals surface area contributed by atoms with Gasteiger partial charge in [0.05, 0.1) is 6.10 Å². The standard InChI is InChI=1S/C14H17NO2/c1-2-11(9-15)17-12-7-6-10-4-3-5-14(16)13(10)8-12/h6-8,11,14,16H,2-5H2,1H3/t11?,14-/m1/s1. The molecule has 0 saturated carbocycles. The second-order valence-corrected chi connectivity index (χ2v) is 4.41. The lowest BCUT2D eigenvalue weighted by Crippen LogP contribution is -2.14. The molecule has 0 heterocycles. The predicted molar refractivity (Wildman–Crippen MR) is 64.7 cm³/mol. The van der Waals surface area contributed by atoms with E-state index in [1.165, 1.54) is 5.56 Å². The van der Waals surface area contributed by atoms with E-state index >= 15 is 0 Å². The molecule has 0 bridgehead atoms. The van der Waals surface area contributed by atoms with Crippen molar-refractivity contribution in [1.29, 1.82) is 5.26 Å². The van der Waals surface area contributed by atoms with E-state index < -0.39 is 6.10 Å². The van der Waals surface area contributed by atoms with E-state index in [-0.39, 0.29) is 6.10 Å². The summed E-state index contributed by atoms with van der Waals surface area (Å²) in [6.45, 7) is 1.92. The molecule has 17 heavy (non-hydrogen) atoms. The van der Waals surface area contributed by atoms with Crippen molar-refractivity contribution in [1.82, 2.24) is 0 Å². The highest BCUT2D eigenvalue weighted by molar-refractivity contribution is 5.38. The van der Waals surface area contributed by atoms with Crippen LogP contribution >= 0.6 is 0 Å². The highest BCUT2D eigenvalue weighted by Gasteiger charge is 2.19. The van der Waals surface area contributed by atoms with E-state index in [2.05, 4.69) is 6.07 Å². The smallest absolute Gasteiger partial charge is 0.184 e. The largest absolute Gasteiger partial charge is 0.476 e. The Morgan fingerprint density at radius 3 is 3.12 bits per heavy atom. The molecular weight excluding hydrogens is 214 g/mol. The third-order valence-electron chi connectivity index (χ3n) is 3.19. The molecule has 0 aliphatic heterocycles. The molecule has 1 N–H and O–H groups in total. The third-order valence-corrected chi connectivity index (χ3v) is 3.19. The fraction of sp³-hybridized carbons (Fsp3) is 0.500. The van der Waals surface area contributed by atoms with Crippen molar-refractivity contribution in [2.75, 3.05) is 0 Å². The maximum atomic E-state index is 9.91. The van der Waals surface area contributed by atoms with Crippen LogP contribution in [0.3, 0.4) is 0 Å². The van der Waals surface area contributed by atoms with Crippen LogP contribution in [0.15, 0.2) is 18.2 Å². The Morgan fingerprint density at radius 2 is 2.41 bits per heavy atom. The molecule has 1 aromatic carbocycles. The zero-order valence-corrected chi connectivity index (χ0v) is 10.0. The van der Waals surface area contributed by atoms with Gasteiger partial charge in [0.15, 0.2) is 6.10 Å². The molecule has 0 aromatic heterocycles. The van der Waals surface area contributed by atoms with E-state index in [4.69, 9.17) is 10.00 Å². The van der Waals surface area contributed by atoms with Crippen molar-refractivity contribution in [3.63, 3.8) is 0 Å². The molecule has 90 valence electrons. The molecule has 0 amide bonds. The zero-order valence-electron chi connectivity index (χ0n) is 10.0. The SMILES string of the molecule is CCC(C#N)Oc1ccc2c(c1)[C@H](O)CCC2. The number of hydrogen-bond donors (Lipinski definition) is 1. The molecule has 0 spiro atoms. The molecule has 1 aliphatic carbocycles. The molecular formula is C14H17NO2. The molecule has 3 heteroatoms. The van der Waals surface area contributed by atoms with Gasteiger partial charge in [-0.3, -0.25) is 0 Å². The number of aliphatic hydroxyl groups is 1. The number of aryl methyl sites for hydroxylation is 1. The lowest BCUT2D eigenvalue weighted by atomic mass is 9.89. The number of nitriles is 1. The Kier molecular flexibility index (Phi) is 3.65. The average molecular weight is 231 g/mol. The molecule has 0 saturated heterocycles. The van der Waals surface area contributed by atoms with E-state index in [0.717, 1.165) is 24.8 Å². The van der Waals surface area contributed by atoms with Gasteiger partial charge in [-0.1, -0.05) is 13.0 Å². The Labute approximate surface area is 102 Å². The molecule has 1 aliphatic rings. The normalized spacial score (nSPS) is 20.2. The number of fused-ring (bicyclic) bond motifs is 1. The molecule has 1 unspecified atom stereocenters. The molecule has 2 atom stereocenters. The van der Waals surface area contributed by atoms with E-state index in [9.17, 15) is 5.11 Å². The number of nitrogens with zero attached hydrogens (tertiary/aromatic N) is 1. The summed E-state index contributed by atoms with van der Waals surface area (Å²) in [6, 6.07) is 7.86. The summed E-state index contributed by atoms with van der Waals surface area (Å²) >= 11 is 0. The minimum absolute atomic E-state index is 0.385. The van der Waals surface area contributed by atoms with Gasteiger partial charge in [-0.15, -0.1) is 0 Å². The van der Waals surface area contributed by atoms with Crippen LogP contribution in [0.2, 0.25) is 0 Å². The summed E-state index contributed by atoms with van der Waals surface area (Å²) < 4.78 is 5.55. The summed E-state index contributed by atoms with van der Waals surface area (Å²) in [5, 5.41) is 18.8. The first kappa shape index (κ1) is 11.9. The maximum Gasteiger partial charge on any atom is 0.184 e. The number of hydrogen-bond acceptors (Lipinski definition) is 3. The molecule has 3 nitrogen and oxygen atoms in total. The van der Waals surface area contributed by atoms with Crippen LogP contribution in [-0.2, 0) is 6.42 Å². The fourth-order valence-electron chi connectivity index (χ4n) is 2.19. The first-order chi connectivity index (χ1) is 8.24. The van der Waals surface area contributed by atoms with Gasteiger partial charge in [0.25, 0.3) is 0 Å². The quantitative estimate of drug-likeness (QED) is 0.870. The van der Waals surface area contributed by atoms with Crippen molar-refractivity contribution in [3.8, 4) is 11.8 Å². The Hall–Kier alpha value is -1.53. The monoisotopic (exact) mass is 231 g/mol. The zero-order chi connectivity index (χ0) is 12.3. The van der Waals surface area contributed by atoms with Gasteiger partial charge in [0, 0.05) is 0 Å². The van der Waals surface area contributed by atoms with Crippen molar-refractivity contribution in [2.45, 2.75) is 44.8 Å². The van der Waals surface area contributed by atoms with Gasteiger partial charge in [-0.25, -0.2) is 0 Å². The fourth-order valence-corrected chi connectivity index (χ4v) is 2.19. The minimum Gasteiger partial charge on any atom is -0.476 e. The number of aliphatic hydroxyl groups excluding tert-OH is 1. The van der Waals surface area contributed by atoms with Crippen LogP contribution in [0, 0.1) is 11.3 Å². The highest BCUT2D eigenvalue weighted by Crippen LogP contribution is 2.32. The van der Waals surface area contributed by atoms with Crippen LogP contribution in [0.1, 0.15) is 43.4 Å². The Balaban J connectivity index is 2.21. The molecule has 0 radical (unpaired) electrons.